The van der Waals surface area contributed by atoms with Crippen LogP contribution in [0.1, 0.15) is 10.4 Å². The van der Waals surface area contributed by atoms with E-state index in [2.05, 4.69) is 31.2 Å². The van der Waals surface area contributed by atoms with Gasteiger partial charge in [-0.25, -0.2) is 4.98 Å². The fraction of sp³-hybridized carbons (Fsp3) is 0. The molecule has 2 rings (SSSR count). The van der Waals surface area contributed by atoms with Crippen molar-refractivity contribution >= 4 is 27.5 Å². The van der Waals surface area contributed by atoms with Crippen LogP contribution in [-0.2, 0) is 0 Å². The van der Waals surface area contributed by atoms with E-state index in [0.29, 0.717) is 15.9 Å². The molecule has 0 aliphatic rings. The molecule has 0 aliphatic carbocycles. The number of carbonyl (C=O) groups excluding carboxylic acids is 1. The molecule has 80 valence electrons. The van der Waals surface area contributed by atoms with Crippen molar-refractivity contribution in [3.8, 4) is 0 Å². The van der Waals surface area contributed by atoms with E-state index in [9.17, 15) is 4.79 Å². The average molecular weight is 278 g/mol. The molecule has 2 aromatic rings. The number of anilines is 1. The Bertz CT molecular complexity index is 484. The third kappa shape index (κ3) is 2.64. The van der Waals surface area contributed by atoms with Gasteiger partial charge < -0.3 is 5.32 Å². The van der Waals surface area contributed by atoms with E-state index in [4.69, 9.17) is 0 Å². The SMILES string of the molecule is O=C(Nc1cccnc1)c1ccc(Br)nc1. The van der Waals surface area contributed by atoms with Crippen LogP contribution in [-0.4, -0.2) is 15.9 Å². The van der Waals surface area contributed by atoms with Crippen LogP contribution in [0.25, 0.3) is 0 Å². The summed E-state index contributed by atoms with van der Waals surface area (Å²) in [6.07, 6.45) is 4.75. The van der Waals surface area contributed by atoms with Crippen LogP contribution >= 0.6 is 15.9 Å². The summed E-state index contributed by atoms with van der Waals surface area (Å²) in [6, 6.07) is 6.95. The van der Waals surface area contributed by atoms with Crippen LogP contribution < -0.4 is 5.32 Å². The first kappa shape index (κ1) is 10.8. The first-order valence-electron chi connectivity index (χ1n) is 4.58. The van der Waals surface area contributed by atoms with Crippen molar-refractivity contribution in [1.82, 2.24) is 9.97 Å². The highest BCUT2D eigenvalue weighted by Gasteiger charge is 2.05. The van der Waals surface area contributed by atoms with E-state index < -0.39 is 0 Å². The number of aromatic nitrogens is 2. The fourth-order valence-corrected chi connectivity index (χ4v) is 1.38. The lowest BCUT2D eigenvalue weighted by molar-refractivity contribution is 0.102. The van der Waals surface area contributed by atoms with Crippen molar-refractivity contribution in [2.24, 2.45) is 0 Å². The van der Waals surface area contributed by atoms with Crippen LogP contribution in [0.4, 0.5) is 5.69 Å². The van der Waals surface area contributed by atoms with E-state index >= 15 is 0 Å². The van der Waals surface area contributed by atoms with Gasteiger partial charge in [0.2, 0.25) is 0 Å². The maximum Gasteiger partial charge on any atom is 0.257 e. The van der Waals surface area contributed by atoms with Gasteiger partial charge in [0.25, 0.3) is 5.91 Å². The Kier molecular flexibility index (Phi) is 3.26. The molecule has 0 spiro atoms. The highest BCUT2D eigenvalue weighted by atomic mass is 79.9. The molecule has 0 bridgehead atoms. The summed E-state index contributed by atoms with van der Waals surface area (Å²) in [4.78, 5) is 19.6. The monoisotopic (exact) mass is 277 g/mol. The second-order valence-corrected chi connectivity index (χ2v) is 3.88. The van der Waals surface area contributed by atoms with Crippen LogP contribution in [0.15, 0.2) is 47.5 Å². The van der Waals surface area contributed by atoms with Crippen molar-refractivity contribution in [2.45, 2.75) is 0 Å². The number of hydrogen-bond acceptors (Lipinski definition) is 3. The normalized spacial score (nSPS) is 9.81. The molecule has 2 heterocycles. The molecule has 1 N–H and O–H groups in total. The Morgan fingerprint density at radius 3 is 2.75 bits per heavy atom. The molecule has 16 heavy (non-hydrogen) atoms. The largest absolute Gasteiger partial charge is 0.321 e. The standard InChI is InChI=1S/C11H8BrN3O/c12-10-4-3-8(6-14-10)11(16)15-9-2-1-5-13-7-9/h1-7H,(H,15,16). The number of nitrogens with one attached hydrogen (secondary N) is 1. The minimum atomic E-state index is -0.201. The van der Waals surface area contributed by atoms with Crippen molar-refractivity contribution in [3.63, 3.8) is 0 Å². The van der Waals surface area contributed by atoms with Gasteiger partial charge in [-0.3, -0.25) is 9.78 Å². The lowest BCUT2D eigenvalue weighted by Gasteiger charge is -2.03. The fourth-order valence-electron chi connectivity index (χ4n) is 1.15. The van der Waals surface area contributed by atoms with E-state index in [1.54, 1.807) is 36.7 Å². The summed E-state index contributed by atoms with van der Waals surface area (Å²) >= 11 is 3.21. The van der Waals surface area contributed by atoms with Crippen molar-refractivity contribution < 1.29 is 4.79 Å². The number of amides is 1. The molecule has 0 fully saturated rings. The zero-order valence-electron chi connectivity index (χ0n) is 8.22. The van der Waals surface area contributed by atoms with Gasteiger partial charge in [0.1, 0.15) is 4.60 Å². The first-order chi connectivity index (χ1) is 7.75. The van der Waals surface area contributed by atoms with Crippen LogP contribution in [0.2, 0.25) is 0 Å². The summed E-state index contributed by atoms with van der Waals surface area (Å²) in [7, 11) is 0. The molecule has 0 aromatic carbocycles. The van der Waals surface area contributed by atoms with Crippen molar-refractivity contribution in [2.75, 3.05) is 5.32 Å². The summed E-state index contributed by atoms with van der Waals surface area (Å²) in [5.41, 5.74) is 1.17. The topological polar surface area (TPSA) is 54.9 Å². The summed E-state index contributed by atoms with van der Waals surface area (Å²) in [5, 5.41) is 2.72. The minimum absolute atomic E-state index is 0.201. The summed E-state index contributed by atoms with van der Waals surface area (Å²) < 4.78 is 0.699. The van der Waals surface area contributed by atoms with Gasteiger partial charge in [-0.05, 0) is 40.2 Å². The van der Waals surface area contributed by atoms with Gasteiger partial charge in [-0.15, -0.1) is 0 Å². The average Bonchev–Trinajstić information content (AvgIpc) is 2.31. The molecule has 0 unspecified atom stereocenters. The van der Waals surface area contributed by atoms with E-state index in [1.165, 1.54) is 6.20 Å². The Labute approximate surface area is 101 Å². The van der Waals surface area contributed by atoms with E-state index in [0.717, 1.165) is 0 Å². The molecule has 0 atom stereocenters. The third-order valence-corrected chi connectivity index (χ3v) is 2.38. The molecule has 1 amide bonds. The Hall–Kier alpha value is -1.75. The Morgan fingerprint density at radius 2 is 2.12 bits per heavy atom. The zero-order valence-corrected chi connectivity index (χ0v) is 9.81. The molecule has 5 heteroatoms. The van der Waals surface area contributed by atoms with Gasteiger partial charge in [-0.1, -0.05) is 0 Å². The predicted octanol–water partition coefficient (Wildman–Crippen LogP) is 2.49. The quantitative estimate of drug-likeness (QED) is 0.859. The lowest BCUT2D eigenvalue weighted by Crippen LogP contribution is -2.12. The zero-order chi connectivity index (χ0) is 11.4. The summed E-state index contributed by atoms with van der Waals surface area (Å²) in [6.45, 7) is 0. The molecule has 4 nitrogen and oxygen atoms in total. The third-order valence-electron chi connectivity index (χ3n) is 1.91. The predicted molar refractivity (Wildman–Crippen MR) is 64.1 cm³/mol. The van der Waals surface area contributed by atoms with Crippen LogP contribution in [0.3, 0.4) is 0 Å². The number of hydrogen-bond donors (Lipinski definition) is 1. The maximum atomic E-state index is 11.7. The highest BCUT2D eigenvalue weighted by molar-refractivity contribution is 9.10. The highest BCUT2D eigenvalue weighted by Crippen LogP contribution is 2.09. The van der Waals surface area contributed by atoms with Gasteiger partial charge in [-0.2, -0.15) is 0 Å². The molecule has 0 saturated heterocycles. The molecular weight excluding hydrogens is 270 g/mol. The molecule has 2 aromatic heterocycles. The van der Waals surface area contributed by atoms with Crippen LogP contribution in [0, 0.1) is 0 Å². The van der Waals surface area contributed by atoms with Crippen molar-refractivity contribution in [3.05, 3.63) is 53.0 Å². The minimum Gasteiger partial charge on any atom is -0.321 e. The van der Waals surface area contributed by atoms with E-state index in [-0.39, 0.29) is 5.91 Å². The second kappa shape index (κ2) is 4.85. The van der Waals surface area contributed by atoms with Gasteiger partial charge >= 0.3 is 0 Å². The second-order valence-electron chi connectivity index (χ2n) is 3.07. The van der Waals surface area contributed by atoms with Crippen LogP contribution in [0.5, 0.6) is 0 Å². The lowest BCUT2D eigenvalue weighted by atomic mass is 10.2. The number of pyridine rings is 2. The van der Waals surface area contributed by atoms with Gasteiger partial charge in [0.15, 0.2) is 0 Å². The number of halogens is 1. The Morgan fingerprint density at radius 1 is 1.25 bits per heavy atom. The smallest absolute Gasteiger partial charge is 0.257 e. The number of carbonyl (C=O) groups is 1. The molecule has 0 radical (unpaired) electrons. The molecule has 0 aliphatic heterocycles. The van der Waals surface area contributed by atoms with Gasteiger partial charge in [0, 0.05) is 12.4 Å². The van der Waals surface area contributed by atoms with Gasteiger partial charge in [0.05, 0.1) is 17.4 Å². The number of rotatable bonds is 2. The number of nitrogens with zero attached hydrogens (tertiary/aromatic N) is 2. The molecular formula is C11H8BrN3O. The Balaban J connectivity index is 2.12. The van der Waals surface area contributed by atoms with Crippen molar-refractivity contribution in [1.29, 1.82) is 0 Å². The van der Waals surface area contributed by atoms with E-state index in [1.807, 2.05) is 0 Å². The first-order valence-corrected chi connectivity index (χ1v) is 5.38. The summed E-state index contributed by atoms with van der Waals surface area (Å²) in [5.74, 6) is -0.201. The maximum absolute atomic E-state index is 11.7. The molecule has 0 saturated carbocycles.